The molecule has 1 N–H and O–H groups in total. The number of benzene rings is 2. The maximum atomic E-state index is 13.2. The lowest BCUT2D eigenvalue weighted by Crippen LogP contribution is -2.49. The molecule has 0 amide bonds. The zero-order valence-corrected chi connectivity index (χ0v) is 15.8. The standard InChI is InChI=1S/C24H26O2/c1-5-20(25)23(4)22(19-15-11-8-12-16-19)21(17(3)24(23,26)6-2)18-13-9-7-10-14-18/h7-16,26H,3,5-6H2,1-2,4H3. The molecule has 0 spiro atoms. The summed E-state index contributed by atoms with van der Waals surface area (Å²) in [7, 11) is 0. The van der Waals surface area contributed by atoms with E-state index in [9.17, 15) is 9.90 Å². The van der Waals surface area contributed by atoms with Crippen LogP contribution in [0.2, 0.25) is 0 Å². The van der Waals surface area contributed by atoms with Crippen LogP contribution in [0.4, 0.5) is 0 Å². The predicted molar refractivity (Wildman–Crippen MR) is 107 cm³/mol. The van der Waals surface area contributed by atoms with Gasteiger partial charge in [0.15, 0.2) is 0 Å². The van der Waals surface area contributed by atoms with E-state index in [1.54, 1.807) is 0 Å². The second-order valence-corrected chi connectivity index (χ2v) is 7.08. The fourth-order valence-electron chi connectivity index (χ4n) is 4.37. The van der Waals surface area contributed by atoms with E-state index in [1.165, 1.54) is 0 Å². The summed E-state index contributed by atoms with van der Waals surface area (Å²) in [6, 6.07) is 19.8. The third-order valence-corrected chi connectivity index (χ3v) is 5.89. The number of hydrogen-bond acceptors (Lipinski definition) is 2. The van der Waals surface area contributed by atoms with Crippen LogP contribution in [0.3, 0.4) is 0 Å². The van der Waals surface area contributed by atoms with Gasteiger partial charge in [0.2, 0.25) is 0 Å². The second kappa shape index (κ2) is 6.69. The zero-order valence-electron chi connectivity index (χ0n) is 15.8. The van der Waals surface area contributed by atoms with Crippen molar-refractivity contribution in [2.45, 2.75) is 39.2 Å². The molecule has 2 aromatic carbocycles. The lowest BCUT2D eigenvalue weighted by Gasteiger charge is -2.40. The van der Waals surface area contributed by atoms with Crippen molar-refractivity contribution in [2.24, 2.45) is 5.41 Å². The van der Waals surface area contributed by atoms with Crippen molar-refractivity contribution in [1.29, 1.82) is 0 Å². The normalized spacial score (nSPS) is 25.6. The molecule has 1 aliphatic rings. The first-order valence-electron chi connectivity index (χ1n) is 9.22. The van der Waals surface area contributed by atoms with E-state index in [0.717, 1.165) is 22.3 Å². The molecular weight excluding hydrogens is 320 g/mol. The number of Topliss-reactive ketones (excluding diaryl/α,β-unsaturated/α-hetero) is 1. The topological polar surface area (TPSA) is 37.3 Å². The smallest absolute Gasteiger partial charge is 0.146 e. The minimum Gasteiger partial charge on any atom is -0.384 e. The average molecular weight is 346 g/mol. The van der Waals surface area contributed by atoms with Crippen molar-refractivity contribution in [2.75, 3.05) is 0 Å². The van der Waals surface area contributed by atoms with Crippen LogP contribution >= 0.6 is 0 Å². The van der Waals surface area contributed by atoms with Gasteiger partial charge in [0.25, 0.3) is 0 Å². The molecule has 26 heavy (non-hydrogen) atoms. The van der Waals surface area contributed by atoms with Gasteiger partial charge >= 0.3 is 0 Å². The van der Waals surface area contributed by atoms with Crippen LogP contribution in [0, 0.1) is 5.41 Å². The first-order valence-corrected chi connectivity index (χ1v) is 9.22. The molecule has 1 aliphatic carbocycles. The molecular formula is C24H26O2. The monoisotopic (exact) mass is 346 g/mol. The van der Waals surface area contributed by atoms with Crippen LogP contribution in [-0.2, 0) is 4.79 Å². The van der Waals surface area contributed by atoms with E-state index in [1.807, 2.05) is 81.4 Å². The minimum atomic E-state index is -1.30. The maximum absolute atomic E-state index is 13.2. The summed E-state index contributed by atoms with van der Waals surface area (Å²) in [5.41, 5.74) is 2.03. The number of carbonyl (C=O) groups excluding carboxylic acids is 1. The largest absolute Gasteiger partial charge is 0.384 e. The van der Waals surface area contributed by atoms with E-state index in [2.05, 4.69) is 6.58 Å². The van der Waals surface area contributed by atoms with Gasteiger partial charge in [-0.2, -0.15) is 0 Å². The molecule has 0 radical (unpaired) electrons. The number of aliphatic hydroxyl groups is 1. The van der Waals surface area contributed by atoms with E-state index >= 15 is 0 Å². The molecule has 3 rings (SSSR count). The number of rotatable bonds is 5. The van der Waals surface area contributed by atoms with Gasteiger partial charge in [0.1, 0.15) is 11.4 Å². The van der Waals surface area contributed by atoms with E-state index in [-0.39, 0.29) is 5.78 Å². The number of carbonyl (C=O) groups is 1. The van der Waals surface area contributed by atoms with Gasteiger partial charge < -0.3 is 5.11 Å². The molecule has 0 aliphatic heterocycles. The third kappa shape index (κ3) is 2.40. The molecule has 0 aromatic heterocycles. The summed E-state index contributed by atoms with van der Waals surface area (Å²) >= 11 is 0. The Morgan fingerprint density at radius 1 is 0.962 bits per heavy atom. The summed E-state index contributed by atoms with van der Waals surface area (Å²) in [6.45, 7) is 9.92. The molecule has 2 aromatic rings. The fourth-order valence-corrected chi connectivity index (χ4v) is 4.37. The Kier molecular flexibility index (Phi) is 4.72. The SMILES string of the molecule is C=C1C(c2ccccc2)=C(c2ccccc2)C(C)(C(=O)CC)C1(O)CC. The average Bonchev–Trinajstić information content (AvgIpc) is 2.88. The van der Waals surface area contributed by atoms with Crippen molar-refractivity contribution in [1.82, 2.24) is 0 Å². The molecule has 134 valence electrons. The van der Waals surface area contributed by atoms with Crippen LogP contribution in [0.25, 0.3) is 11.1 Å². The molecule has 2 heteroatoms. The van der Waals surface area contributed by atoms with Gasteiger partial charge in [-0.3, -0.25) is 4.79 Å². The number of hydrogen-bond donors (Lipinski definition) is 1. The molecule has 0 saturated carbocycles. The zero-order chi connectivity index (χ0) is 18.9. The van der Waals surface area contributed by atoms with Gasteiger partial charge in [-0.1, -0.05) is 81.1 Å². The van der Waals surface area contributed by atoms with Crippen molar-refractivity contribution in [3.63, 3.8) is 0 Å². The Morgan fingerprint density at radius 3 is 1.92 bits per heavy atom. The Balaban J connectivity index is 2.42. The second-order valence-electron chi connectivity index (χ2n) is 7.08. The summed E-state index contributed by atoms with van der Waals surface area (Å²) < 4.78 is 0. The molecule has 0 saturated heterocycles. The van der Waals surface area contributed by atoms with Crippen LogP contribution in [-0.4, -0.2) is 16.5 Å². The van der Waals surface area contributed by atoms with Crippen LogP contribution in [0.1, 0.15) is 44.7 Å². The maximum Gasteiger partial charge on any atom is 0.146 e. The molecule has 2 nitrogen and oxygen atoms in total. The van der Waals surface area contributed by atoms with Crippen molar-refractivity contribution in [3.8, 4) is 0 Å². The molecule has 0 heterocycles. The van der Waals surface area contributed by atoms with Crippen LogP contribution in [0.5, 0.6) is 0 Å². The summed E-state index contributed by atoms with van der Waals surface area (Å²) in [6.07, 6.45) is 0.797. The summed E-state index contributed by atoms with van der Waals surface area (Å²) in [5.74, 6) is 0.0350. The first kappa shape index (κ1) is 18.3. The Hall–Kier alpha value is -2.45. The molecule has 2 unspecified atom stereocenters. The summed E-state index contributed by atoms with van der Waals surface area (Å²) in [4.78, 5) is 13.2. The highest BCUT2D eigenvalue weighted by molar-refractivity contribution is 6.14. The van der Waals surface area contributed by atoms with Crippen molar-refractivity contribution < 1.29 is 9.90 Å². The van der Waals surface area contributed by atoms with Crippen molar-refractivity contribution >= 4 is 16.9 Å². The van der Waals surface area contributed by atoms with Crippen molar-refractivity contribution in [3.05, 3.63) is 83.9 Å². The number of ketones is 1. The van der Waals surface area contributed by atoms with E-state index in [0.29, 0.717) is 18.4 Å². The van der Waals surface area contributed by atoms with Gasteiger partial charge in [0.05, 0.1) is 5.41 Å². The van der Waals surface area contributed by atoms with Gasteiger partial charge in [-0.25, -0.2) is 0 Å². The first-order chi connectivity index (χ1) is 12.4. The Morgan fingerprint density at radius 2 is 1.46 bits per heavy atom. The quantitative estimate of drug-likeness (QED) is 0.798. The lowest BCUT2D eigenvalue weighted by atomic mass is 9.65. The summed E-state index contributed by atoms with van der Waals surface area (Å²) in [5, 5.41) is 11.7. The minimum absolute atomic E-state index is 0.0350. The Labute approximate surface area is 155 Å². The highest BCUT2D eigenvalue weighted by Gasteiger charge is 2.60. The highest BCUT2D eigenvalue weighted by Crippen LogP contribution is 2.61. The molecule has 0 fully saturated rings. The molecule has 2 atom stereocenters. The Bertz CT molecular complexity index is 864. The van der Waals surface area contributed by atoms with E-state index < -0.39 is 11.0 Å². The fraction of sp³-hybridized carbons (Fsp3) is 0.292. The van der Waals surface area contributed by atoms with Gasteiger partial charge in [0, 0.05) is 6.42 Å². The van der Waals surface area contributed by atoms with Crippen LogP contribution in [0.15, 0.2) is 72.8 Å². The third-order valence-electron chi connectivity index (χ3n) is 5.89. The lowest BCUT2D eigenvalue weighted by molar-refractivity contribution is -0.134. The van der Waals surface area contributed by atoms with Crippen LogP contribution < -0.4 is 0 Å². The molecule has 0 bridgehead atoms. The highest BCUT2D eigenvalue weighted by atomic mass is 16.3. The van der Waals surface area contributed by atoms with E-state index in [4.69, 9.17) is 0 Å². The van der Waals surface area contributed by atoms with Gasteiger partial charge in [-0.05, 0) is 41.2 Å². The van der Waals surface area contributed by atoms with Gasteiger partial charge in [-0.15, -0.1) is 0 Å². The predicted octanol–water partition coefficient (Wildman–Crippen LogP) is 5.29.